The highest BCUT2D eigenvalue weighted by atomic mass is 16.5. The highest BCUT2D eigenvalue weighted by molar-refractivity contribution is 5.94. The Labute approximate surface area is 136 Å². The first-order chi connectivity index (χ1) is 10.8. The molecule has 1 atom stereocenters. The Hall–Kier alpha value is -2.08. The standard InChI is InChI=1S/C17H24N2O4/c1-17(2,3)14(16(21)22)18-13-6-4-12(5-7-13)15(20)19-8-10-23-11-9-19/h4-7,14,18H,8-11H2,1-3H3,(H,21,22)/t14-/m1/s1. The lowest BCUT2D eigenvalue weighted by atomic mass is 9.86. The zero-order chi connectivity index (χ0) is 17.0. The number of carbonyl (C=O) groups is 2. The summed E-state index contributed by atoms with van der Waals surface area (Å²) >= 11 is 0. The second-order valence-electron chi connectivity index (χ2n) is 6.76. The smallest absolute Gasteiger partial charge is 0.326 e. The van der Waals surface area contributed by atoms with Crippen LogP contribution < -0.4 is 5.32 Å². The van der Waals surface area contributed by atoms with Crippen LogP contribution in [0.3, 0.4) is 0 Å². The lowest BCUT2D eigenvalue weighted by Gasteiger charge is -2.29. The Kier molecular flexibility index (Phi) is 5.26. The van der Waals surface area contributed by atoms with Gasteiger partial charge in [0.25, 0.3) is 5.91 Å². The molecule has 6 nitrogen and oxygen atoms in total. The van der Waals surface area contributed by atoms with Crippen LogP contribution in [0, 0.1) is 5.41 Å². The van der Waals surface area contributed by atoms with Crippen molar-refractivity contribution in [1.29, 1.82) is 0 Å². The third kappa shape index (κ3) is 4.45. The maximum atomic E-state index is 12.4. The summed E-state index contributed by atoms with van der Waals surface area (Å²) in [5.74, 6) is -0.920. The molecule has 1 aromatic carbocycles. The number of aliphatic carboxylic acids is 1. The second kappa shape index (κ2) is 7.00. The van der Waals surface area contributed by atoms with E-state index in [9.17, 15) is 14.7 Å². The van der Waals surface area contributed by atoms with Crippen molar-refractivity contribution in [3.63, 3.8) is 0 Å². The van der Waals surface area contributed by atoms with E-state index in [0.717, 1.165) is 0 Å². The molecular weight excluding hydrogens is 296 g/mol. The molecule has 2 N–H and O–H groups in total. The number of hydrogen-bond acceptors (Lipinski definition) is 4. The molecule has 0 bridgehead atoms. The van der Waals surface area contributed by atoms with Gasteiger partial charge in [0, 0.05) is 24.3 Å². The number of benzene rings is 1. The van der Waals surface area contributed by atoms with Gasteiger partial charge in [-0.15, -0.1) is 0 Å². The fourth-order valence-electron chi connectivity index (χ4n) is 2.47. The van der Waals surface area contributed by atoms with Gasteiger partial charge < -0.3 is 20.1 Å². The van der Waals surface area contributed by atoms with E-state index in [1.165, 1.54) is 0 Å². The van der Waals surface area contributed by atoms with Crippen molar-refractivity contribution in [3.05, 3.63) is 29.8 Å². The number of morpholine rings is 1. The van der Waals surface area contributed by atoms with E-state index in [1.54, 1.807) is 29.2 Å². The van der Waals surface area contributed by atoms with Crippen LogP contribution in [0.15, 0.2) is 24.3 Å². The quantitative estimate of drug-likeness (QED) is 0.888. The monoisotopic (exact) mass is 320 g/mol. The topological polar surface area (TPSA) is 78.9 Å². The molecule has 1 fully saturated rings. The third-order valence-electron chi connectivity index (χ3n) is 3.85. The molecular formula is C17H24N2O4. The predicted molar refractivity (Wildman–Crippen MR) is 87.7 cm³/mol. The van der Waals surface area contributed by atoms with Gasteiger partial charge in [0.05, 0.1) is 13.2 Å². The van der Waals surface area contributed by atoms with Crippen LogP contribution in [0.1, 0.15) is 31.1 Å². The molecule has 1 aromatic rings. The number of carboxylic acids is 1. The summed E-state index contributed by atoms with van der Waals surface area (Å²) in [4.78, 5) is 25.5. The Bertz CT molecular complexity index is 557. The number of carboxylic acid groups (broad SMARTS) is 1. The van der Waals surface area contributed by atoms with Crippen LogP contribution in [0.2, 0.25) is 0 Å². The van der Waals surface area contributed by atoms with Gasteiger partial charge in [-0.25, -0.2) is 4.79 Å². The fraction of sp³-hybridized carbons (Fsp3) is 0.529. The number of hydrogen-bond donors (Lipinski definition) is 2. The fourth-order valence-corrected chi connectivity index (χ4v) is 2.47. The molecule has 1 amide bonds. The molecule has 6 heteroatoms. The zero-order valence-electron chi connectivity index (χ0n) is 13.8. The van der Waals surface area contributed by atoms with E-state index in [-0.39, 0.29) is 5.91 Å². The SMILES string of the molecule is CC(C)(C)[C@H](Nc1ccc(C(=O)N2CCOCC2)cc1)C(=O)O. The summed E-state index contributed by atoms with van der Waals surface area (Å²) in [7, 11) is 0. The first-order valence-corrected chi connectivity index (χ1v) is 7.75. The minimum absolute atomic E-state index is 0.0227. The lowest BCUT2D eigenvalue weighted by Crippen LogP contribution is -2.41. The van der Waals surface area contributed by atoms with Crippen LogP contribution in [0.4, 0.5) is 5.69 Å². The van der Waals surface area contributed by atoms with Gasteiger partial charge in [0.15, 0.2) is 0 Å². The van der Waals surface area contributed by atoms with E-state index < -0.39 is 17.4 Å². The van der Waals surface area contributed by atoms with Crippen molar-refractivity contribution < 1.29 is 19.4 Å². The number of carbonyl (C=O) groups excluding carboxylic acids is 1. The maximum absolute atomic E-state index is 12.4. The molecule has 1 aliphatic rings. The molecule has 1 heterocycles. The molecule has 0 aromatic heterocycles. The molecule has 0 aliphatic carbocycles. The van der Waals surface area contributed by atoms with Crippen LogP contribution in [0.5, 0.6) is 0 Å². The minimum atomic E-state index is -0.897. The first-order valence-electron chi connectivity index (χ1n) is 7.75. The Morgan fingerprint density at radius 3 is 2.22 bits per heavy atom. The summed E-state index contributed by atoms with van der Waals surface area (Å²) in [5.41, 5.74) is 0.861. The molecule has 1 saturated heterocycles. The van der Waals surface area contributed by atoms with Crippen LogP contribution in [-0.2, 0) is 9.53 Å². The van der Waals surface area contributed by atoms with Gasteiger partial charge in [0.1, 0.15) is 6.04 Å². The molecule has 126 valence electrons. The van der Waals surface area contributed by atoms with E-state index in [2.05, 4.69) is 5.32 Å². The largest absolute Gasteiger partial charge is 0.480 e. The van der Waals surface area contributed by atoms with E-state index in [4.69, 9.17) is 4.74 Å². The van der Waals surface area contributed by atoms with Gasteiger partial charge in [0.2, 0.25) is 0 Å². The number of ether oxygens (including phenoxy) is 1. The van der Waals surface area contributed by atoms with Gasteiger partial charge in [-0.1, -0.05) is 20.8 Å². The number of amides is 1. The average molecular weight is 320 g/mol. The van der Waals surface area contributed by atoms with Gasteiger partial charge in [-0.2, -0.15) is 0 Å². The molecule has 2 rings (SSSR count). The first kappa shape index (κ1) is 17.3. The van der Waals surface area contributed by atoms with Crippen molar-refractivity contribution >= 4 is 17.6 Å². The highest BCUT2D eigenvalue weighted by Crippen LogP contribution is 2.24. The summed E-state index contributed by atoms with van der Waals surface area (Å²) in [5, 5.41) is 12.4. The molecule has 0 unspecified atom stereocenters. The molecule has 0 radical (unpaired) electrons. The van der Waals surface area contributed by atoms with Crippen molar-refractivity contribution in [2.45, 2.75) is 26.8 Å². The number of nitrogens with zero attached hydrogens (tertiary/aromatic N) is 1. The van der Waals surface area contributed by atoms with Crippen LogP contribution >= 0.6 is 0 Å². The van der Waals surface area contributed by atoms with E-state index in [1.807, 2.05) is 20.8 Å². The molecule has 0 spiro atoms. The lowest BCUT2D eigenvalue weighted by molar-refractivity contribution is -0.140. The Morgan fingerprint density at radius 1 is 1.17 bits per heavy atom. The van der Waals surface area contributed by atoms with Crippen molar-refractivity contribution in [2.75, 3.05) is 31.6 Å². The summed E-state index contributed by atoms with van der Waals surface area (Å²) < 4.78 is 5.24. The molecule has 23 heavy (non-hydrogen) atoms. The predicted octanol–water partition coefficient (Wildman–Crippen LogP) is 2.07. The maximum Gasteiger partial charge on any atom is 0.326 e. The number of nitrogens with one attached hydrogen (secondary N) is 1. The van der Waals surface area contributed by atoms with E-state index >= 15 is 0 Å². The number of anilines is 1. The second-order valence-corrected chi connectivity index (χ2v) is 6.76. The van der Waals surface area contributed by atoms with Gasteiger partial charge >= 0.3 is 5.97 Å². The summed E-state index contributed by atoms with van der Waals surface area (Å²) in [6.07, 6.45) is 0. The van der Waals surface area contributed by atoms with Crippen LogP contribution in [-0.4, -0.2) is 54.2 Å². The molecule has 1 aliphatic heterocycles. The molecule has 0 saturated carbocycles. The number of rotatable bonds is 4. The van der Waals surface area contributed by atoms with Crippen molar-refractivity contribution in [1.82, 2.24) is 4.90 Å². The van der Waals surface area contributed by atoms with Gasteiger partial charge in [-0.3, -0.25) is 4.79 Å². The summed E-state index contributed by atoms with van der Waals surface area (Å²) in [6.45, 7) is 7.95. The Balaban J connectivity index is 2.06. The van der Waals surface area contributed by atoms with Gasteiger partial charge in [-0.05, 0) is 29.7 Å². The average Bonchev–Trinajstić information content (AvgIpc) is 2.52. The van der Waals surface area contributed by atoms with Crippen molar-refractivity contribution in [3.8, 4) is 0 Å². The zero-order valence-corrected chi connectivity index (χ0v) is 13.8. The highest BCUT2D eigenvalue weighted by Gasteiger charge is 2.31. The van der Waals surface area contributed by atoms with Crippen LogP contribution in [0.25, 0.3) is 0 Å². The third-order valence-corrected chi connectivity index (χ3v) is 3.85. The normalized spacial score (nSPS) is 16.7. The summed E-state index contributed by atoms with van der Waals surface area (Å²) in [6, 6.07) is 6.23. The van der Waals surface area contributed by atoms with E-state index in [0.29, 0.717) is 37.6 Å². The Morgan fingerprint density at radius 2 is 1.74 bits per heavy atom. The minimum Gasteiger partial charge on any atom is -0.480 e. The van der Waals surface area contributed by atoms with Crippen molar-refractivity contribution in [2.24, 2.45) is 5.41 Å².